The fourth-order valence-corrected chi connectivity index (χ4v) is 4.14. The van der Waals surface area contributed by atoms with Gasteiger partial charge < -0.3 is 5.73 Å². The van der Waals surface area contributed by atoms with Crippen molar-refractivity contribution in [3.8, 4) is 6.07 Å². The van der Waals surface area contributed by atoms with E-state index in [1.807, 2.05) is 12.3 Å². The molecule has 116 valence electrons. The molecule has 23 heavy (non-hydrogen) atoms. The molecule has 3 heterocycles. The van der Waals surface area contributed by atoms with Crippen LogP contribution >= 0.6 is 23.1 Å². The molecule has 5 nitrogen and oxygen atoms in total. The molecule has 0 aliphatic rings. The summed E-state index contributed by atoms with van der Waals surface area (Å²) in [6, 6.07) is 5.61. The summed E-state index contributed by atoms with van der Waals surface area (Å²) in [4.78, 5) is 12.9. The monoisotopic (exact) mass is 341 g/mol. The molecule has 7 heteroatoms. The van der Waals surface area contributed by atoms with Crippen molar-refractivity contribution in [1.82, 2.24) is 15.0 Å². The lowest BCUT2D eigenvalue weighted by atomic mass is 10.1. The highest BCUT2D eigenvalue weighted by Gasteiger charge is 2.14. The van der Waals surface area contributed by atoms with Gasteiger partial charge in [0, 0.05) is 12.3 Å². The first-order valence-electron chi connectivity index (χ1n) is 7.18. The number of nitrogens with zero attached hydrogens (tertiary/aromatic N) is 4. The molecule has 1 atom stereocenters. The van der Waals surface area contributed by atoms with Crippen LogP contribution in [0.25, 0.3) is 10.1 Å². The lowest BCUT2D eigenvalue weighted by Gasteiger charge is -2.10. The first kappa shape index (κ1) is 15.7. The highest BCUT2D eigenvalue weighted by Crippen LogP contribution is 2.35. The average Bonchev–Trinajstić information content (AvgIpc) is 2.96. The van der Waals surface area contributed by atoms with Gasteiger partial charge in [-0.3, -0.25) is 4.98 Å². The van der Waals surface area contributed by atoms with E-state index in [0.29, 0.717) is 11.0 Å². The number of hydrogen-bond acceptors (Lipinski definition) is 7. The molecule has 0 aliphatic heterocycles. The summed E-state index contributed by atoms with van der Waals surface area (Å²) < 4.78 is 1.20. The van der Waals surface area contributed by atoms with Crippen LogP contribution in [-0.4, -0.2) is 15.0 Å². The van der Waals surface area contributed by atoms with E-state index < -0.39 is 0 Å². The second-order valence-corrected chi connectivity index (χ2v) is 7.27. The number of aryl methyl sites for hydroxylation is 1. The van der Waals surface area contributed by atoms with Gasteiger partial charge in [0.05, 0.1) is 15.6 Å². The molecule has 3 aromatic heterocycles. The smallest absolute Gasteiger partial charge is 0.191 e. The van der Waals surface area contributed by atoms with Crippen molar-refractivity contribution in [2.24, 2.45) is 0 Å². The third-order valence-electron chi connectivity index (χ3n) is 3.48. The van der Waals surface area contributed by atoms with Crippen LogP contribution in [0.4, 0.5) is 5.82 Å². The Bertz CT molecular complexity index is 897. The molecule has 0 amide bonds. The Morgan fingerprint density at radius 3 is 2.96 bits per heavy atom. The molecule has 0 aliphatic carbocycles. The maximum absolute atomic E-state index is 8.97. The summed E-state index contributed by atoms with van der Waals surface area (Å²) in [5, 5.41) is 13.0. The van der Waals surface area contributed by atoms with E-state index in [4.69, 9.17) is 11.0 Å². The van der Waals surface area contributed by atoms with Crippen molar-refractivity contribution in [3.63, 3.8) is 0 Å². The van der Waals surface area contributed by atoms with Crippen LogP contribution in [0.15, 0.2) is 28.9 Å². The van der Waals surface area contributed by atoms with Crippen molar-refractivity contribution in [2.45, 2.75) is 30.7 Å². The van der Waals surface area contributed by atoms with Gasteiger partial charge in [-0.05, 0) is 35.7 Å². The van der Waals surface area contributed by atoms with E-state index in [1.54, 1.807) is 11.3 Å². The summed E-state index contributed by atoms with van der Waals surface area (Å²) in [6.07, 6.45) is 2.93. The number of nitrogens with two attached hydrogens (primary N) is 1. The molecule has 0 fully saturated rings. The maximum Gasteiger partial charge on any atom is 0.191 e. The highest BCUT2D eigenvalue weighted by atomic mass is 32.2. The van der Waals surface area contributed by atoms with E-state index in [9.17, 15) is 0 Å². The predicted molar refractivity (Wildman–Crippen MR) is 94.4 cm³/mol. The van der Waals surface area contributed by atoms with Crippen molar-refractivity contribution in [1.29, 1.82) is 5.26 Å². The number of rotatable bonds is 4. The molecule has 0 spiro atoms. The zero-order valence-corrected chi connectivity index (χ0v) is 14.4. The van der Waals surface area contributed by atoms with Crippen molar-refractivity contribution >= 4 is 39.0 Å². The van der Waals surface area contributed by atoms with Gasteiger partial charge in [-0.1, -0.05) is 18.7 Å². The minimum absolute atomic E-state index is 0.0670. The molecule has 2 N–H and O–H groups in total. The topological polar surface area (TPSA) is 88.5 Å². The molecule has 3 rings (SSSR count). The van der Waals surface area contributed by atoms with Gasteiger partial charge in [0.1, 0.15) is 17.6 Å². The van der Waals surface area contributed by atoms with Gasteiger partial charge >= 0.3 is 0 Å². The Balaban J connectivity index is 1.90. The van der Waals surface area contributed by atoms with Crippen LogP contribution in [-0.2, 0) is 6.42 Å². The van der Waals surface area contributed by atoms with Crippen LogP contribution < -0.4 is 5.73 Å². The number of pyridine rings is 1. The Morgan fingerprint density at radius 2 is 2.22 bits per heavy atom. The normalized spacial score (nSPS) is 12.2. The van der Waals surface area contributed by atoms with Gasteiger partial charge in [0.25, 0.3) is 0 Å². The third kappa shape index (κ3) is 3.28. The van der Waals surface area contributed by atoms with E-state index >= 15 is 0 Å². The molecule has 0 bridgehead atoms. The van der Waals surface area contributed by atoms with Crippen LogP contribution in [0.5, 0.6) is 0 Å². The van der Waals surface area contributed by atoms with Crippen LogP contribution in [0.2, 0.25) is 0 Å². The van der Waals surface area contributed by atoms with Crippen LogP contribution in [0.3, 0.4) is 0 Å². The average molecular weight is 341 g/mol. The number of aromatic nitrogens is 3. The Kier molecular flexibility index (Phi) is 4.46. The number of hydrogen-bond donors (Lipinski definition) is 1. The zero-order chi connectivity index (χ0) is 16.4. The standard InChI is InChI=1S/C16H15N5S2/c1-3-10-8-22-14-7-19-13(5-12(10)14)9(2)23-16-20-11(6-17)4-15(18)21-16/h4-5,7-9H,3H2,1-2H3,(H2,18,20,21). The minimum Gasteiger partial charge on any atom is -0.384 e. The van der Waals surface area contributed by atoms with E-state index in [0.717, 1.165) is 12.1 Å². The number of fused-ring (bicyclic) bond motifs is 1. The molecule has 0 saturated heterocycles. The van der Waals surface area contributed by atoms with E-state index in [1.165, 1.54) is 33.5 Å². The summed E-state index contributed by atoms with van der Waals surface area (Å²) in [5.74, 6) is 0.306. The third-order valence-corrected chi connectivity index (χ3v) is 5.45. The predicted octanol–water partition coefficient (Wildman–Crippen LogP) is 3.96. The largest absolute Gasteiger partial charge is 0.384 e. The first-order valence-corrected chi connectivity index (χ1v) is 8.94. The molecular weight excluding hydrogens is 326 g/mol. The Labute approximate surface area is 142 Å². The SMILES string of the molecule is CCc1csc2cnc(C(C)Sc3nc(N)cc(C#N)n3)cc12. The summed E-state index contributed by atoms with van der Waals surface area (Å²) >= 11 is 3.18. The molecule has 1 unspecified atom stereocenters. The number of thiophene rings is 1. The number of nitrogen functional groups attached to an aromatic ring is 1. The van der Waals surface area contributed by atoms with Crippen molar-refractivity contribution < 1.29 is 0 Å². The lowest BCUT2D eigenvalue weighted by Crippen LogP contribution is -1.99. The fourth-order valence-electron chi connectivity index (χ4n) is 2.27. The Morgan fingerprint density at radius 1 is 1.39 bits per heavy atom. The maximum atomic E-state index is 8.97. The summed E-state index contributed by atoms with van der Waals surface area (Å²) in [5.41, 5.74) is 8.31. The first-order chi connectivity index (χ1) is 11.1. The fraction of sp³-hybridized carbons (Fsp3) is 0.250. The van der Waals surface area contributed by atoms with E-state index in [2.05, 4.69) is 40.2 Å². The second kappa shape index (κ2) is 6.52. The number of anilines is 1. The van der Waals surface area contributed by atoms with Gasteiger partial charge in [0.2, 0.25) is 0 Å². The van der Waals surface area contributed by atoms with E-state index in [-0.39, 0.29) is 10.9 Å². The van der Waals surface area contributed by atoms with Crippen LogP contribution in [0.1, 0.15) is 36.0 Å². The molecule has 0 radical (unpaired) electrons. The second-order valence-electron chi connectivity index (χ2n) is 5.05. The van der Waals surface area contributed by atoms with Crippen molar-refractivity contribution in [2.75, 3.05) is 5.73 Å². The zero-order valence-electron chi connectivity index (χ0n) is 12.8. The summed E-state index contributed by atoms with van der Waals surface area (Å²) in [7, 11) is 0. The Hall–Kier alpha value is -2.17. The molecule has 3 aromatic rings. The van der Waals surface area contributed by atoms with Crippen LogP contribution in [0, 0.1) is 11.3 Å². The van der Waals surface area contributed by atoms with Gasteiger partial charge in [-0.2, -0.15) is 5.26 Å². The quantitative estimate of drug-likeness (QED) is 0.571. The van der Waals surface area contributed by atoms with Gasteiger partial charge in [0.15, 0.2) is 5.16 Å². The van der Waals surface area contributed by atoms with Gasteiger partial charge in [-0.25, -0.2) is 9.97 Å². The minimum atomic E-state index is 0.0670. The number of thioether (sulfide) groups is 1. The molecular formula is C16H15N5S2. The van der Waals surface area contributed by atoms with Crippen molar-refractivity contribution in [3.05, 3.63) is 40.7 Å². The summed E-state index contributed by atoms with van der Waals surface area (Å²) in [6.45, 7) is 4.21. The molecule has 0 aromatic carbocycles. The highest BCUT2D eigenvalue weighted by molar-refractivity contribution is 7.99. The number of nitriles is 1. The molecule has 0 saturated carbocycles. The van der Waals surface area contributed by atoms with Gasteiger partial charge in [-0.15, -0.1) is 11.3 Å². The lowest BCUT2D eigenvalue weighted by molar-refractivity contribution is 0.937.